The molecule has 0 aromatic rings. The Morgan fingerprint density at radius 1 is 1.23 bits per heavy atom. The summed E-state index contributed by atoms with van der Waals surface area (Å²) >= 11 is 0. The topological polar surface area (TPSA) is 61.4 Å². The van der Waals surface area contributed by atoms with Crippen molar-refractivity contribution in [1.82, 2.24) is 10.6 Å². The van der Waals surface area contributed by atoms with Gasteiger partial charge in [0.15, 0.2) is 0 Å². The number of aliphatic hydroxyl groups is 1. The first kappa shape index (κ1) is 12.4. The second-order valence-corrected chi connectivity index (χ2v) is 2.96. The van der Waals surface area contributed by atoms with Gasteiger partial charge in [-0.15, -0.1) is 0 Å². The average molecular weight is 188 g/mol. The van der Waals surface area contributed by atoms with Crippen LogP contribution in [0, 0.1) is 0 Å². The third-order valence-corrected chi connectivity index (χ3v) is 1.82. The number of unbranched alkanes of at least 4 members (excludes halogenated alkanes) is 2. The second kappa shape index (κ2) is 9.48. The number of amides is 1. The van der Waals surface area contributed by atoms with Crippen molar-refractivity contribution in [2.45, 2.75) is 25.7 Å². The van der Waals surface area contributed by atoms with Crippen LogP contribution in [0.1, 0.15) is 25.7 Å². The molecule has 0 radical (unpaired) electrons. The zero-order valence-electron chi connectivity index (χ0n) is 8.31. The molecular formula is C9H20N2O2. The molecule has 0 aromatic carbocycles. The fraction of sp³-hybridized carbons (Fsp3) is 0.889. The molecule has 0 aliphatic heterocycles. The van der Waals surface area contributed by atoms with Crippen molar-refractivity contribution in [3.8, 4) is 0 Å². The van der Waals surface area contributed by atoms with Crippen molar-refractivity contribution in [2.24, 2.45) is 0 Å². The lowest BCUT2D eigenvalue weighted by Crippen LogP contribution is -2.19. The van der Waals surface area contributed by atoms with E-state index in [0.29, 0.717) is 13.0 Å². The lowest BCUT2D eigenvalue weighted by Gasteiger charge is -2.02. The van der Waals surface area contributed by atoms with Crippen LogP contribution in [0.15, 0.2) is 0 Å². The highest BCUT2D eigenvalue weighted by molar-refractivity contribution is 5.75. The third-order valence-electron chi connectivity index (χ3n) is 1.82. The van der Waals surface area contributed by atoms with Gasteiger partial charge in [0.1, 0.15) is 0 Å². The first-order chi connectivity index (χ1) is 6.31. The van der Waals surface area contributed by atoms with Gasteiger partial charge in [0.2, 0.25) is 5.91 Å². The number of aliphatic hydroxyl groups excluding tert-OH is 1. The maximum atomic E-state index is 10.8. The number of carbonyl (C=O) groups excluding carboxylic acids is 1. The number of nitrogens with one attached hydrogen (secondary N) is 2. The number of hydrogen-bond acceptors (Lipinski definition) is 3. The molecule has 4 nitrogen and oxygen atoms in total. The summed E-state index contributed by atoms with van der Waals surface area (Å²) in [4.78, 5) is 10.8. The molecule has 0 fully saturated rings. The smallest absolute Gasteiger partial charge is 0.219 e. The first-order valence-electron chi connectivity index (χ1n) is 4.83. The van der Waals surface area contributed by atoms with Crippen LogP contribution >= 0.6 is 0 Å². The molecule has 0 saturated carbocycles. The van der Waals surface area contributed by atoms with Crippen LogP contribution in [0.3, 0.4) is 0 Å². The fourth-order valence-corrected chi connectivity index (χ4v) is 1.04. The highest BCUT2D eigenvalue weighted by atomic mass is 16.3. The maximum absolute atomic E-state index is 10.8. The van der Waals surface area contributed by atoms with E-state index in [9.17, 15) is 4.79 Å². The third kappa shape index (κ3) is 9.30. The highest BCUT2D eigenvalue weighted by Gasteiger charge is 1.96. The zero-order valence-corrected chi connectivity index (χ0v) is 8.31. The molecular weight excluding hydrogens is 168 g/mol. The van der Waals surface area contributed by atoms with Gasteiger partial charge in [-0.2, -0.15) is 0 Å². The lowest BCUT2D eigenvalue weighted by molar-refractivity contribution is -0.120. The predicted molar refractivity (Wildman–Crippen MR) is 52.5 cm³/mol. The number of rotatable bonds is 8. The molecule has 78 valence electrons. The Morgan fingerprint density at radius 2 is 2.00 bits per heavy atom. The van der Waals surface area contributed by atoms with Crippen molar-refractivity contribution in [3.63, 3.8) is 0 Å². The molecule has 0 rings (SSSR count). The second-order valence-electron chi connectivity index (χ2n) is 2.96. The van der Waals surface area contributed by atoms with E-state index >= 15 is 0 Å². The van der Waals surface area contributed by atoms with E-state index in [0.717, 1.165) is 25.8 Å². The summed E-state index contributed by atoms with van der Waals surface area (Å²) in [5.41, 5.74) is 0. The van der Waals surface area contributed by atoms with Crippen LogP contribution in [-0.4, -0.2) is 37.8 Å². The van der Waals surface area contributed by atoms with Gasteiger partial charge in [0.05, 0.1) is 6.61 Å². The van der Waals surface area contributed by atoms with Crippen LogP contribution in [0.5, 0.6) is 0 Å². The predicted octanol–water partition coefficient (Wildman–Crippen LogP) is -0.125. The Balaban J connectivity index is 2.95. The van der Waals surface area contributed by atoms with Crippen molar-refractivity contribution in [1.29, 1.82) is 0 Å². The first-order valence-corrected chi connectivity index (χ1v) is 4.83. The van der Waals surface area contributed by atoms with Crippen LogP contribution in [-0.2, 0) is 4.79 Å². The van der Waals surface area contributed by atoms with Gasteiger partial charge < -0.3 is 15.7 Å². The van der Waals surface area contributed by atoms with Crippen LogP contribution in [0.25, 0.3) is 0 Å². The Kier molecular flexibility index (Phi) is 9.03. The quantitative estimate of drug-likeness (QED) is 0.465. The summed E-state index contributed by atoms with van der Waals surface area (Å²) in [5, 5.41) is 14.1. The van der Waals surface area contributed by atoms with Crippen LogP contribution in [0.2, 0.25) is 0 Å². The van der Waals surface area contributed by atoms with Gasteiger partial charge in [-0.25, -0.2) is 0 Å². The van der Waals surface area contributed by atoms with Gasteiger partial charge in [-0.1, -0.05) is 6.42 Å². The van der Waals surface area contributed by atoms with E-state index in [4.69, 9.17) is 5.11 Å². The van der Waals surface area contributed by atoms with Crippen molar-refractivity contribution in [3.05, 3.63) is 0 Å². The van der Waals surface area contributed by atoms with Crippen LogP contribution < -0.4 is 10.6 Å². The Bertz CT molecular complexity index is 129. The van der Waals surface area contributed by atoms with Crippen molar-refractivity contribution >= 4 is 5.91 Å². The molecule has 0 saturated heterocycles. The molecule has 0 atom stereocenters. The minimum Gasteiger partial charge on any atom is -0.395 e. The minimum atomic E-state index is 0.114. The van der Waals surface area contributed by atoms with E-state index in [2.05, 4.69) is 10.6 Å². The molecule has 3 N–H and O–H groups in total. The van der Waals surface area contributed by atoms with Gasteiger partial charge in [0, 0.05) is 20.0 Å². The van der Waals surface area contributed by atoms with Crippen LogP contribution in [0.4, 0.5) is 0 Å². The molecule has 0 aliphatic rings. The van der Waals surface area contributed by atoms with E-state index in [1.807, 2.05) is 0 Å². The molecule has 0 spiro atoms. The maximum Gasteiger partial charge on any atom is 0.219 e. The minimum absolute atomic E-state index is 0.114. The molecule has 0 aliphatic carbocycles. The molecule has 0 unspecified atom stereocenters. The zero-order chi connectivity index (χ0) is 9.94. The summed E-state index contributed by atoms with van der Waals surface area (Å²) in [6, 6.07) is 0. The van der Waals surface area contributed by atoms with Gasteiger partial charge >= 0.3 is 0 Å². The van der Waals surface area contributed by atoms with Gasteiger partial charge in [0.25, 0.3) is 0 Å². The summed E-state index contributed by atoms with van der Waals surface area (Å²) in [6.07, 6.45) is 3.69. The molecule has 0 aromatic heterocycles. The lowest BCUT2D eigenvalue weighted by atomic mass is 10.2. The summed E-state index contributed by atoms with van der Waals surface area (Å²) in [6.45, 7) is 1.78. The number of carbonyl (C=O) groups is 1. The Morgan fingerprint density at radius 3 is 2.62 bits per heavy atom. The van der Waals surface area contributed by atoms with E-state index in [1.165, 1.54) is 0 Å². The average Bonchev–Trinajstić information content (AvgIpc) is 2.16. The summed E-state index contributed by atoms with van der Waals surface area (Å²) in [5.74, 6) is 0.114. The van der Waals surface area contributed by atoms with E-state index in [-0.39, 0.29) is 12.5 Å². The normalized spacial score (nSPS) is 10.0. The largest absolute Gasteiger partial charge is 0.395 e. The van der Waals surface area contributed by atoms with E-state index < -0.39 is 0 Å². The van der Waals surface area contributed by atoms with Crippen molar-refractivity contribution in [2.75, 3.05) is 26.7 Å². The van der Waals surface area contributed by atoms with Crippen molar-refractivity contribution < 1.29 is 9.90 Å². The van der Waals surface area contributed by atoms with E-state index in [1.54, 1.807) is 7.05 Å². The molecule has 4 heteroatoms. The molecule has 13 heavy (non-hydrogen) atoms. The molecule has 0 bridgehead atoms. The molecule has 1 amide bonds. The Hall–Kier alpha value is -0.610. The summed E-state index contributed by atoms with van der Waals surface area (Å²) in [7, 11) is 1.66. The van der Waals surface area contributed by atoms with Gasteiger partial charge in [-0.3, -0.25) is 4.79 Å². The van der Waals surface area contributed by atoms with Gasteiger partial charge in [-0.05, 0) is 19.4 Å². The monoisotopic (exact) mass is 188 g/mol. The SMILES string of the molecule is CNC(=O)CCCCCNCCO. The fourth-order valence-electron chi connectivity index (χ4n) is 1.04. The standard InChI is InChI=1S/C9H20N2O2/c1-10-9(13)5-3-2-4-6-11-7-8-12/h11-12H,2-8H2,1H3,(H,10,13). The summed E-state index contributed by atoms with van der Waals surface area (Å²) < 4.78 is 0. The highest BCUT2D eigenvalue weighted by Crippen LogP contribution is 1.98. The number of hydrogen-bond donors (Lipinski definition) is 3. The molecule has 0 heterocycles. The Labute approximate surface area is 79.7 Å².